The first kappa shape index (κ1) is 15.0. The van der Waals surface area contributed by atoms with Gasteiger partial charge in [-0.15, -0.1) is 0 Å². The highest BCUT2D eigenvalue weighted by Crippen LogP contribution is 2.47. The zero-order valence-corrected chi connectivity index (χ0v) is 12.4. The number of rotatable bonds is 2. The standard InChI is InChI=1S/C17H23FO2/c1-17(2,3)11-8-9-13(16(19)20)14(10-11)12-6-4-5-7-15(12)18/h4-7,11,13-14H,8-10H2,1-3H3,(H,19,20). The average Bonchev–Trinajstić information content (AvgIpc) is 2.37. The van der Waals surface area contributed by atoms with Gasteiger partial charge < -0.3 is 5.11 Å². The van der Waals surface area contributed by atoms with Crippen LogP contribution in [0.5, 0.6) is 0 Å². The third-order valence-corrected chi connectivity index (χ3v) is 4.70. The zero-order chi connectivity index (χ0) is 14.9. The van der Waals surface area contributed by atoms with Gasteiger partial charge in [0, 0.05) is 5.92 Å². The summed E-state index contributed by atoms with van der Waals surface area (Å²) in [6.07, 6.45) is 2.29. The fraction of sp³-hybridized carbons (Fsp3) is 0.588. The summed E-state index contributed by atoms with van der Waals surface area (Å²) in [6, 6.07) is 6.60. The number of hydrogen-bond acceptors (Lipinski definition) is 1. The topological polar surface area (TPSA) is 37.3 Å². The van der Waals surface area contributed by atoms with Crippen LogP contribution < -0.4 is 0 Å². The van der Waals surface area contributed by atoms with Crippen LogP contribution in [-0.4, -0.2) is 11.1 Å². The molecule has 20 heavy (non-hydrogen) atoms. The normalized spacial score (nSPS) is 27.3. The van der Waals surface area contributed by atoms with Crippen molar-refractivity contribution in [2.75, 3.05) is 0 Å². The van der Waals surface area contributed by atoms with Crippen LogP contribution in [0.1, 0.15) is 51.5 Å². The molecular formula is C17H23FO2. The first-order chi connectivity index (χ1) is 9.30. The highest BCUT2D eigenvalue weighted by atomic mass is 19.1. The van der Waals surface area contributed by atoms with Crippen molar-refractivity contribution in [3.63, 3.8) is 0 Å². The molecule has 1 fully saturated rings. The molecule has 0 heterocycles. The lowest BCUT2D eigenvalue weighted by atomic mass is 9.64. The molecule has 1 aliphatic carbocycles. The van der Waals surface area contributed by atoms with E-state index in [1.165, 1.54) is 6.07 Å². The summed E-state index contributed by atoms with van der Waals surface area (Å²) in [4.78, 5) is 11.5. The van der Waals surface area contributed by atoms with Crippen LogP contribution in [0.15, 0.2) is 24.3 Å². The van der Waals surface area contributed by atoms with Crippen molar-refractivity contribution in [3.05, 3.63) is 35.6 Å². The number of benzene rings is 1. The molecule has 0 radical (unpaired) electrons. The average molecular weight is 278 g/mol. The van der Waals surface area contributed by atoms with E-state index in [0.29, 0.717) is 17.9 Å². The van der Waals surface area contributed by atoms with Gasteiger partial charge in [-0.3, -0.25) is 4.79 Å². The van der Waals surface area contributed by atoms with Crippen molar-refractivity contribution in [1.29, 1.82) is 0 Å². The Bertz CT molecular complexity index is 490. The summed E-state index contributed by atoms with van der Waals surface area (Å²) < 4.78 is 14.0. The van der Waals surface area contributed by atoms with Crippen LogP contribution in [0.4, 0.5) is 4.39 Å². The fourth-order valence-corrected chi connectivity index (χ4v) is 3.37. The van der Waals surface area contributed by atoms with Crippen LogP contribution in [0, 0.1) is 23.1 Å². The monoisotopic (exact) mass is 278 g/mol. The van der Waals surface area contributed by atoms with Crippen LogP contribution in [0.25, 0.3) is 0 Å². The predicted molar refractivity (Wildman–Crippen MR) is 77.1 cm³/mol. The predicted octanol–water partition coefficient (Wildman–Crippen LogP) is 4.46. The molecule has 2 nitrogen and oxygen atoms in total. The molecule has 1 aliphatic rings. The molecule has 3 unspecified atom stereocenters. The molecule has 0 bridgehead atoms. The van der Waals surface area contributed by atoms with Gasteiger partial charge in [-0.05, 0) is 42.2 Å². The maximum Gasteiger partial charge on any atom is 0.307 e. The zero-order valence-electron chi connectivity index (χ0n) is 12.4. The second kappa shape index (κ2) is 5.55. The molecule has 1 aromatic carbocycles. The Morgan fingerprint density at radius 1 is 1.25 bits per heavy atom. The molecule has 1 aromatic rings. The first-order valence-electron chi connectivity index (χ1n) is 7.28. The van der Waals surface area contributed by atoms with E-state index in [-0.39, 0.29) is 17.2 Å². The number of aliphatic carboxylic acids is 1. The fourth-order valence-electron chi connectivity index (χ4n) is 3.37. The maximum atomic E-state index is 14.0. The van der Waals surface area contributed by atoms with Gasteiger partial charge in [0.05, 0.1) is 5.92 Å². The molecular weight excluding hydrogens is 255 g/mol. The van der Waals surface area contributed by atoms with E-state index in [4.69, 9.17) is 0 Å². The molecule has 0 aromatic heterocycles. The smallest absolute Gasteiger partial charge is 0.307 e. The third-order valence-electron chi connectivity index (χ3n) is 4.70. The summed E-state index contributed by atoms with van der Waals surface area (Å²) >= 11 is 0. The van der Waals surface area contributed by atoms with Gasteiger partial charge >= 0.3 is 5.97 Å². The Morgan fingerprint density at radius 2 is 1.90 bits per heavy atom. The molecule has 0 saturated heterocycles. The molecule has 0 aliphatic heterocycles. The second-order valence-corrected chi connectivity index (χ2v) is 6.95. The molecule has 110 valence electrons. The lowest BCUT2D eigenvalue weighted by Crippen LogP contribution is -2.34. The lowest BCUT2D eigenvalue weighted by Gasteiger charge is -2.40. The van der Waals surface area contributed by atoms with Crippen LogP contribution in [0.2, 0.25) is 0 Å². The highest BCUT2D eigenvalue weighted by molar-refractivity contribution is 5.71. The quantitative estimate of drug-likeness (QED) is 0.867. The minimum absolute atomic E-state index is 0.132. The van der Waals surface area contributed by atoms with Crippen LogP contribution in [-0.2, 0) is 4.79 Å². The molecule has 2 rings (SSSR count). The van der Waals surface area contributed by atoms with Gasteiger partial charge in [-0.1, -0.05) is 39.0 Å². The number of carboxylic acids is 1. The van der Waals surface area contributed by atoms with Crippen molar-refractivity contribution in [2.45, 2.75) is 46.0 Å². The van der Waals surface area contributed by atoms with Crippen molar-refractivity contribution >= 4 is 5.97 Å². The van der Waals surface area contributed by atoms with Gasteiger partial charge in [-0.25, -0.2) is 4.39 Å². The summed E-state index contributed by atoms with van der Waals surface area (Å²) in [7, 11) is 0. The summed E-state index contributed by atoms with van der Waals surface area (Å²) in [6.45, 7) is 6.53. The van der Waals surface area contributed by atoms with Gasteiger partial charge in [0.2, 0.25) is 0 Å². The van der Waals surface area contributed by atoms with E-state index < -0.39 is 11.9 Å². The maximum absolute atomic E-state index is 14.0. The number of carbonyl (C=O) groups is 1. The van der Waals surface area contributed by atoms with E-state index in [9.17, 15) is 14.3 Å². The molecule has 0 amide bonds. The number of hydrogen-bond donors (Lipinski definition) is 1. The second-order valence-electron chi connectivity index (χ2n) is 6.95. The Labute approximate surface area is 120 Å². The molecule has 3 heteroatoms. The van der Waals surface area contributed by atoms with E-state index >= 15 is 0 Å². The molecule has 1 N–H and O–H groups in total. The van der Waals surface area contributed by atoms with Crippen molar-refractivity contribution < 1.29 is 14.3 Å². The highest BCUT2D eigenvalue weighted by Gasteiger charge is 2.40. The van der Waals surface area contributed by atoms with E-state index in [2.05, 4.69) is 20.8 Å². The van der Waals surface area contributed by atoms with Crippen molar-refractivity contribution in [2.24, 2.45) is 17.3 Å². The molecule has 3 atom stereocenters. The largest absolute Gasteiger partial charge is 0.481 e. The minimum Gasteiger partial charge on any atom is -0.481 e. The Hall–Kier alpha value is -1.38. The van der Waals surface area contributed by atoms with E-state index in [1.807, 2.05) is 0 Å². The number of carboxylic acid groups (broad SMARTS) is 1. The minimum atomic E-state index is -0.800. The van der Waals surface area contributed by atoms with Gasteiger partial charge in [0.25, 0.3) is 0 Å². The van der Waals surface area contributed by atoms with Gasteiger partial charge in [0.15, 0.2) is 0 Å². The van der Waals surface area contributed by atoms with Gasteiger partial charge in [0.1, 0.15) is 5.82 Å². The van der Waals surface area contributed by atoms with E-state index in [1.54, 1.807) is 18.2 Å². The lowest BCUT2D eigenvalue weighted by molar-refractivity contribution is -0.144. The van der Waals surface area contributed by atoms with Gasteiger partial charge in [-0.2, -0.15) is 0 Å². The van der Waals surface area contributed by atoms with Crippen LogP contribution >= 0.6 is 0 Å². The summed E-state index contributed by atoms with van der Waals surface area (Å²) in [5, 5.41) is 9.43. The SMILES string of the molecule is CC(C)(C)C1CCC(C(=O)O)C(c2ccccc2F)C1. The van der Waals surface area contributed by atoms with Crippen LogP contribution in [0.3, 0.4) is 0 Å². The Balaban J connectivity index is 2.33. The van der Waals surface area contributed by atoms with E-state index in [0.717, 1.165) is 12.8 Å². The van der Waals surface area contributed by atoms with Crippen molar-refractivity contribution in [1.82, 2.24) is 0 Å². The molecule has 1 saturated carbocycles. The number of halogens is 1. The first-order valence-corrected chi connectivity index (χ1v) is 7.28. The Kier molecular flexibility index (Phi) is 4.17. The van der Waals surface area contributed by atoms with Crippen molar-refractivity contribution in [3.8, 4) is 0 Å². The third kappa shape index (κ3) is 3.02. The Morgan fingerprint density at radius 3 is 2.45 bits per heavy atom. The summed E-state index contributed by atoms with van der Waals surface area (Å²) in [5.41, 5.74) is 0.696. The molecule has 0 spiro atoms. The summed E-state index contributed by atoms with van der Waals surface area (Å²) in [5.74, 6) is -1.33.